The summed E-state index contributed by atoms with van der Waals surface area (Å²) in [6.45, 7) is 2.87. The number of nitrogens with one attached hydrogen (secondary N) is 1. The van der Waals surface area contributed by atoms with Crippen LogP contribution in [0.3, 0.4) is 0 Å². The normalized spacial score (nSPS) is 21.9. The van der Waals surface area contributed by atoms with Gasteiger partial charge in [-0.1, -0.05) is 19.8 Å². The fraction of sp³-hybridized carbons (Fsp3) is 0.562. The summed E-state index contributed by atoms with van der Waals surface area (Å²) >= 11 is 0. The minimum absolute atomic E-state index is 0.0961. The van der Waals surface area contributed by atoms with Gasteiger partial charge in [0.1, 0.15) is 0 Å². The second-order valence-corrected chi connectivity index (χ2v) is 5.79. The van der Waals surface area contributed by atoms with Crippen molar-refractivity contribution in [3.63, 3.8) is 0 Å². The van der Waals surface area contributed by atoms with Gasteiger partial charge in [-0.3, -0.25) is 0 Å². The molecule has 1 aliphatic rings. The van der Waals surface area contributed by atoms with E-state index >= 15 is 0 Å². The molecule has 0 saturated heterocycles. The van der Waals surface area contributed by atoms with Gasteiger partial charge in [-0.05, 0) is 36.8 Å². The zero-order valence-corrected chi connectivity index (χ0v) is 12.4. The van der Waals surface area contributed by atoms with Crippen molar-refractivity contribution in [2.45, 2.75) is 32.6 Å². The van der Waals surface area contributed by atoms with Crippen LogP contribution in [-0.2, 0) is 4.74 Å². The summed E-state index contributed by atoms with van der Waals surface area (Å²) in [5.74, 6) is -1.82. The van der Waals surface area contributed by atoms with E-state index in [1.807, 2.05) is 0 Å². The van der Waals surface area contributed by atoms with Crippen molar-refractivity contribution in [2.24, 2.45) is 11.8 Å². The lowest BCUT2D eigenvalue weighted by molar-refractivity contribution is 0.0594. The molecule has 0 heterocycles. The molecule has 1 aliphatic carbocycles. The maximum absolute atomic E-state index is 13.9. The molecule has 5 heteroatoms. The summed E-state index contributed by atoms with van der Waals surface area (Å²) in [6.07, 6.45) is 4.59. The topological polar surface area (TPSA) is 38.3 Å². The summed E-state index contributed by atoms with van der Waals surface area (Å²) in [4.78, 5) is 11.3. The lowest BCUT2D eigenvalue weighted by Crippen LogP contribution is -2.21. The van der Waals surface area contributed by atoms with Crippen LogP contribution in [0.5, 0.6) is 0 Å². The third kappa shape index (κ3) is 3.71. The van der Waals surface area contributed by atoms with Crippen LogP contribution >= 0.6 is 0 Å². The molecule has 0 aromatic heterocycles. The van der Waals surface area contributed by atoms with Gasteiger partial charge in [0.05, 0.1) is 18.4 Å². The van der Waals surface area contributed by atoms with Crippen LogP contribution in [0.25, 0.3) is 0 Å². The Kier molecular flexibility index (Phi) is 5.15. The Morgan fingerprint density at radius 1 is 1.24 bits per heavy atom. The molecule has 0 amide bonds. The number of carbonyl (C=O) groups excluding carboxylic acids is 1. The number of benzene rings is 1. The standard InChI is InChI=1S/C16H21F2NO2/c1-10-3-5-11(6-4-10)9-19-13-8-7-12(16(20)21-2)14(17)15(13)18/h7-8,10-11,19H,3-6,9H2,1-2H3. The molecule has 0 unspecified atom stereocenters. The van der Waals surface area contributed by atoms with E-state index in [2.05, 4.69) is 17.0 Å². The smallest absolute Gasteiger partial charge is 0.340 e. The van der Waals surface area contributed by atoms with Gasteiger partial charge >= 0.3 is 5.97 Å². The second-order valence-electron chi connectivity index (χ2n) is 5.79. The molecule has 21 heavy (non-hydrogen) atoms. The largest absolute Gasteiger partial charge is 0.465 e. The van der Waals surface area contributed by atoms with Crippen LogP contribution in [0.15, 0.2) is 12.1 Å². The highest BCUT2D eigenvalue weighted by atomic mass is 19.2. The van der Waals surface area contributed by atoms with Crippen LogP contribution in [0.4, 0.5) is 14.5 Å². The van der Waals surface area contributed by atoms with Gasteiger partial charge in [0, 0.05) is 6.54 Å². The first kappa shape index (κ1) is 15.7. The maximum atomic E-state index is 13.9. The zero-order chi connectivity index (χ0) is 15.4. The third-order valence-corrected chi connectivity index (χ3v) is 4.20. The highest BCUT2D eigenvalue weighted by Gasteiger charge is 2.21. The van der Waals surface area contributed by atoms with Gasteiger partial charge in [-0.2, -0.15) is 0 Å². The molecule has 116 valence electrons. The lowest BCUT2D eigenvalue weighted by Gasteiger charge is -2.26. The monoisotopic (exact) mass is 297 g/mol. The van der Waals surface area contributed by atoms with E-state index in [1.165, 1.54) is 25.0 Å². The van der Waals surface area contributed by atoms with Gasteiger partial charge in [-0.25, -0.2) is 13.6 Å². The molecular weight excluding hydrogens is 276 g/mol. The molecule has 1 N–H and O–H groups in total. The Morgan fingerprint density at radius 2 is 1.90 bits per heavy atom. The molecule has 2 rings (SSSR count). The minimum Gasteiger partial charge on any atom is -0.465 e. The molecule has 3 nitrogen and oxygen atoms in total. The van der Waals surface area contributed by atoms with Crippen molar-refractivity contribution in [3.8, 4) is 0 Å². The van der Waals surface area contributed by atoms with E-state index in [0.29, 0.717) is 12.5 Å². The van der Waals surface area contributed by atoms with Crippen LogP contribution in [0.1, 0.15) is 43.0 Å². The first-order chi connectivity index (χ1) is 10.0. The predicted octanol–water partition coefficient (Wildman–Crippen LogP) is 3.99. The highest BCUT2D eigenvalue weighted by Crippen LogP contribution is 2.29. The number of anilines is 1. The van der Waals surface area contributed by atoms with Gasteiger partial charge in [-0.15, -0.1) is 0 Å². The lowest BCUT2D eigenvalue weighted by atomic mass is 9.83. The van der Waals surface area contributed by atoms with E-state index in [1.54, 1.807) is 0 Å². The molecule has 1 saturated carbocycles. The van der Waals surface area contributed by atoms with Crippen molar-refractivity contribution in [3.05, 3.63) is 29.3 Å². The molecule has 1 fully saturated rings. The summed E-state index contributed by atoms with van der Waals surface area (Å²) in [5, 5.41) is 2.96. The summed E-state index contributed by atoms with van der Waals surface area (Å²) in [5.41, 5.74) is -0.286. The van der Waals surface area contributed by atoms with E-state index in [0.717, 1.165) is 25.9 Å². The Morgan fingerprint density at radius 3 is 2.52 bits per heavy atom. The van der Waals surface area contributed by atoms with Crippen molar-refractivity contribution in [1.82, 2.24) is 0 Å². The Hall–Kier alpha value is -1.65. The van der Waals surface area contributed by atoms with Gasteiger partial charge in [0.15, 0.2) is 11.6 Å². The van der Waals surface area contributed by atoms with Gasteiger partial charge < -0.3 is 10.1 Å². The van der Waals surface area contributed by atoms with Crippen LogP contribution < -0.4 is 5.32 Å². The Labute approximate surface area is 123 Å². The van der Waals surface area contributed by atoms with Gasteiger partial charge in [0.25, 0.3) is 0 Å². The predicted molar refractivity (Wildman–Crippen MR) is 77.3 cm³/mol. The fourth-order valence-corrected chi connectivity index (χ4v) is 2.74. The molecule has 1 aromatic carbocycles. The van der Waals surface area contributed by atoms with Crippen LogP contribution in [-0.4, -0.2) is 19.6 Å². The minimum atomic E-state index is -1.16. The molecule has 0 spiro atoms. The van der Waals surface area contributed by atoms with Crippen molar-refractivity contribution in [2.75, 3.05) is 19.0 Å². The number of carbonyl (C=O) groups is 1. The quantitative estimate of drug-likeness (QED) is 0.854. The SMILES string of the molecule is COC(=O)c1ccc(NCC2CCC(C)CC2)c(F)c1F. The molecule has 0 aliphatic heterocycles. The number of hydrogen-bond donors (Lipinski definition) is 1. The number of esters is 1. The highest BCUT2D eigenvalue weighted by molar-refractivity contribution is 5.90. The Bertz CT molecular complexity index is 511. The summed E-state index contributed by atoms with van der Waals surface area (Å²) in [7, 11) is 1.13. The molecule has 0 atom stereocenters. The first-order valence-electron chi connectivity index (χ1n) is 7.33. The number of hydrogen-bond acceptors (Lipinski definition) is 3. The van der Waals surface area contributed by atoms with E-state index in [4.69, 9.17) is 0 Å². The van der Waals surface area contributed by atoms with E-state index < -0.39 is 17.6 Å². The Balaban J connectivity index is 2.01. The van der Waals surface area contributed by atoms with Gasteiger partial charge in [0.2, 0.25) is 0 Å². The average Bonchev–Trinajstić information content (AvgIpc) is 2.49. The van der Waals surface area contributed by atoms with E-state index in [9.17, 15) is 13.6 Å². The number of halogens is 2. The first-order valence-corrected chi connectivity index (χ1v) is 7.33. The van der Waals surface area contributed by atoms with Crippen LogP contribution in [0.2, 0.25) is 0 Å². The maximum Gasteiger partial charge on any atom is 0.340 e. The van der Waals surface area contributed by atoms with Crippen molar-refractivity contribution in [1.29, 1.82) is 0 Å². The zero-order valence-electron chi connectivity index (χ0n) is 12.4. The van der Waals surface area contributed by atoms with Crippen LogP contribution in [0, 0.1) is 23.5 Å². The van der Waals surface area contributed by atoms with E-state index in [-0.39, 0.29) is 11.3 Å². The molecule has 1 aromatic rings. The molecule has 0 radical (unpaired) electrons. The number of methoxy groups -OCH3 is 1. The molecule has 0 bridgehead atoms. The van der Waals surface area contributed by atoms with Crippen molar-refractivity contribution >= 4 is 11.7 Å². The number of rotatable bonds is 4. The second kappa shape index (κ2) is 6.87. The summed E-state index contributed by atoms with van der Waals surface area (Å²) < 4.78 is 32.1. The number of ether oxygens (including phenoxy) is 1. The average molecular weight is 297 g/mol. The third-order valence-electron chi connectivity index (χ3n) is 4.20. The summed E-state index contributed by atoms with van der Waals surface area (Å²) in [6, 6.07) is 2.63. The fourth-order valence-electron chi connectivity index (χ4n) is 2.74. The van der Waals surface area contributed by atoms with Crippen molar-refractivity contribution < 1.29 is 18.3 Å². The molecular formula is C16H21F2NO2.